The summed E-state index contributed by atoms with van der Waals surface area (Å²) in [7, 11) is 0. The van der Waals surface area contributed by atoms with E-state index in [2.05, 4.69) is 10.3 Å². The molecule has 1 aromatic heterocycles. The number of nitrogens with one attached hydrogen (secondary N) is 1. The number of hydrogen-bond donors (Lipinski definition) is 2. The van der Waals surface area contributed by atoms with Gasteiger partial charge in [-0.1, -0.05) is 20.3 Å². The van der Waals surface area contributed by atoms with Gasteiger partial charge in [-0.05, 0) is 37.0 Å². The van der Waals surface area contributed by atoms with Crippen LogP contribution in [0.5, 0.6) is 0 Å². The summed E-state index contributed by atoms with van der Waals surface area (Å²) in [5.74, 6) is -0.0835. The Morgan fingerprint density at radius 3 is 2.33 bits per heavy atom. The Morgan fingerprint density at radius 2 is 1.86 bits per heavy atom. The maximum atomic E-state index is 13.1. The molecule has 0 aliphatic heterocycles. The Labute approximate surface area is 123 Å². The van der Waals surface area contributed by atoms with Gasteiger partial charge in [-0.15, -0.1) is 0 Å². The molecule has 0 fully saturated rings. The van der Waals surface area contributed by atoms with Gasteiger partial charge in [-0.3, -0.25) is 4.98 Å². The van der Waals surface area contributed by atoms with E-state index in [1.165, 1.54) is 12.4 Å². The van der Waals surface area contributed by atoms with Crippen molar-refractivity contribution in [2.24, 2.45) is 5.92 Å². The Balaban J connectivity index is 2.72. The lowest BCUT2D eigenvalue weighted by molar-refractivity contribution is -0.158. The third-order valence-corrected chi connectivity index (χ3v) is 3.96. The highest BCUT2D eigenvalue weighted by molar-refractivity contribution is 5.12. The monoisotopic (exact) mass is 304 g/mol. The summed E-state index contributed by atoms with van der Waals surface area (Å²) in [4.78, 5) is 3.79. The number of rotatable bonds is 7. The Morgan fingerprint density at radius 1 is 1.29 bits per heavy atom. The summed E-state index contributed by atoms with van der Waals surface area (Å²) in [6, 6.07) is 1.44. The van der Waals surface area contributed by atoms with E-state index < -0.39 is 17.8 Å². The summed E-state index contributed by atoms with van der Waals surface area (Å²) in [6.45, 7) is 5.19. The van der Waals surface area contributed by atoms with Gasteiger partial charge in [-0.25, -0.2) is 0 Å². The first-order valence-corrected chi connectivity index (χ1v) is 7.08. The van der Waals surface area contributed by atoms with Crippen molar-refractivity contribution in [3.05, 3.63) is 30.1 Å². The highest BCUT2D eigenvalue weighted by Crippen LogP contribution is 2.25. The minimum Gasteiger partial charge on any atom is -0.389 e. The topological polar surface area (TPSA) is 45.1 Å². The molecular formula is C15H23F3N2O. The lowest BCUT2D eigenvalue weighted by atomic mass is 9.88. The van der Waals surface area contributed by atoms with Crippen molar-refractivity contribution in [1.29, 1.82) is 0 Å². The van der Waals surface area contributed by atoms with Crippen LogP contribution >= 0.6 is 0 Å². The molecule has 21 heavy (non-hydrogen) atoms. The normalized spacial score (nSPS) is 18.0. The fraction of sp³-hybridized carbons (Fsp3) is 0.667. The first kappa shape index (κ1) is 17.9. The van der Waals surface area contributed by atoms with Crippen molar-refractivity contribution in [3.8, 4) is 0 Å². The number of aliphatic hydroxyl groups is 1. The lowest BCUT2D eigenvalue weighted by Crippen LogP contribution is -2.51. The molecule has 1 heterocycles. The lowest BCUT2D eigenvalue weighted by Gasteiger charge is -2.32. The number of hydrogen-bond acceptors (Lipinski definition) is 3. The third-order valence-electron chi connectivity index (χ3n) is 3.96. The zero-order chi connectivity index (χ0) is 16.1. The summed E-state index contributed by atoms with van der Waals surface area (Å²) in [5.41, 5.74) is -0.612. The molecule has 2 N–H and O–H groups in total. The first-order chi connectivity index (χ1) is 9.66. The molecule has 3 nitrogen and oxygen atoms in total. The molecule has 0 aromatic carbocycles. The minimum absolute atomic E-state index is 0.0835. The molecule has 1 aromatic rings. The van der Waals surface area contributed by atoms with Gasteiger partial charge in [0, 0.05) is 18.9 Å². The third kappa shape index (κ3) is 5.63. The predicted molar refractivity (Wildman–Crippen MR) is 75.9 cm³/mol. The number of nitrogens with zero attached hydrogens (tertiary/aromatic N) is 1. The number of alkyl halides is 3. The molecule has 120 valence electrons. The molecule has 3 atom stereocenters. The van der Waals surface area contributed by atoms with Crippen molar-refractivity contribution in [2.75, 3.05) is 6.54 Å². The summed E-state index contributed by atoms with van der Waals surface area (Å²) < 4.78 is 39.3. The molecule has 0 bridgehead atoms. The minimum atomic E-state index is -4.37. The SMILES string of the molecule is CCC(C)C(C)(O)CNC(Cc1ccncc1)C(F)(F)F. The van der Waals surface area contributed by atoms with Crippen LogP contribution in [0.3, 0.4) is 0 Å². The number of aromatic nitrogens is 1. The smallest absolute Gasteiger partial charge is 0.389 e. The van der Waals surface area contributed by atoms with E-state index in [1.807, 2.05) is 13.8 Å². The van der Waals surface area contributed by atoms with Crippen LogP contribution < -0.4 is 5.32 Å². The second-order valence-corrected chi connectivity index (χ2v) is 5.70. The van der Waals surface area contributed by atoms with Crippen LogP contribution in [0.2, 0.25) is 0 Å². The molecule has 0 aliphatic rings. The zero-order valence-corrected chi connectivity index (χ0v) is 12.6. The van der Waals surface area contributed by atoms with Gasteiger partial charge in [0.25, 0.3) is 0 Å². The van der Waals surface area contributed by atoms with Crippen molar-refractivity contribution < 1.29 is 18.3 Å². The van der Waals surface area contributed by atoms with Crippen molar-refractivity contribution in [1.82, 2.24) is 10.3 Å². The van der Waals surface area contributed by atoms with E-state index in [4.69, 9.17) is 0 Å². The Kier molecular flexibility index (Phi) is 6.16. The maximum Gasteiger partial charge on any atom is 0.404 e. The molecule has 0 amide bonds. The van der Waals surface area contributed by atoms with Crippen LogP contribution in [0.4, 0.5) is 13.2 Å². The van der Waals surface area contributed by atoms with Crippen LogP contribution in [-0.4, -0.2) is 34.5 Å². The molecule has 0 saturated carbocycles. The van der Waals surface area contributed by atoms with Gasteiger partial charge in [-0.2, -0.15) is 13.2 Å². The van der Waals surface area contributed by atoms with Crippen LogP contribution in [0.1, 0.15) is 32.8 Å². The van der Waals surface area contributed by atoms with Crippen molar-refractivity contribution in [3.63, 3.8) is 0 Å². The predicted octanol–water partition coefficient (Wildman–Crippen LogP) is 2.94. The zero-order valence-electron chi connectivity index (χ0n) is 12.6. The number of halogens is 3. The van der Waals surface area contributed by atoms with E-state index >= 15 is 0 Å². The van der Waals surface area contributed by atoms with Gasteiger partial charge < -0.3 is 10.4 Å². The molecule has 0 spiro atoms. The van der Waals surface area contributed by atoms with E-state index in [1.54, 1.807) is 19.1 Å². The molecule has 0 aliphatic carbocycles. The highest BCUT2D eigenvalue weighted by Gasteiger charge is 2.40. The Bertz CT molecular complexity index is 421. The molecule has 0 saturated heterocycles. The second kappa shape index (κ2) is 7.22. The van der Waals surface area contributed by atoms with Crippen LogP contribution in [0.15, 0.2) is 24.5 Å². The second-order valence-electron chi connectivity index (χ2n) is 5.70. The van der Waals surface area contributed by atoms with Crippen LogP contribution in [-0.2, 0) is 6.42 Å². The molecule has 0 radical (unpaired) electrons. The largest absolute Gasteiger partial charge is 0.404 e. The molecule has 6 heteroatoms. The van der Waals surface area contributed by atoms with E-state index in [-0.39, 0.29) is 18.9 Å². The number of pyridine rings is 1. The molecule has 3 unspecified atom stereocenters. The van der Waals surface area contributed by atoms with Crippen molar-refractivity contribution >= 4 is 0 Å². The fourth-order valence-electron chi connectivity index (χ4n) is 2.00. The van der Waals surface area contributed by atoms with Gasteiger partial charge in [0.15, 0.2) is 0 Å². The van der Waals surface area contributed by atoms with Gasteiger partial charge in [0.05, 0.1) is 5.60 Å². The summed E-state index contributed by atoms with van der Waals surface area (Å²) >= 11 is 0. The average molecular weight is 304 g/mol. The molecule has 1 rings (SSSR count). The summed E-state index contributed by atoms with van der Waals surface area (Å²) in [6.07, 6.45) is -0.900. The van der Waals surface area contributed by atoms with Crippen molar-refractivity contribution in [2.45, 2.75) is 51.4 Å². The Hall–Kier alpha value is -1.14. The average Bonchev–Trinajstić information content (AvgIpc) is 2.42. The maximum absolute atomic E-state index is 13.1. The van der Waals surface area contributed by atoms with Gasteiger partial charge in [0.1, 0.15) is 6.04 Å². The molecular weight excluding hydrogens is 281 g/mol. The summed E-state index contributed by atoms with van der Waals surface area (Å²) in [5, 5.41) is 12.7. The van der Waals surface area contributed by atoms with E-state index in [9.17, 15) is 18.3 Å². The first-order valence-electron chi connectivity index (χ1n) is 7.08. The van der Waals surface area contributed by atoms with E-state index in [0.717, 1.165) is 0 Å². The van der Waals surface area contributed by atoms with Gasteiger partial charge in [0.2, 0.25) is 0 Å². The fourth-order valence-corrected chi connectivity index (χ4v) is 2.00. The van der Waals surface area contributed by atoms with Gasteiger partial charge >= 0.3 is 6.18 Å². The highest BCUT2D eigenvalue weighted by atomic mass is 19.4. The van der Waals surface area contributed by atoms with E-state index in [0.29, 0.717) is 12.0 Å². The quantitative estimate of drug-likeness (QED) is 0.814. The van der Waals surface area contributed by atoms with Crippen LogP contribution in [0.25, 0.3) is 0 Å². The van der Waals surface area contributed by atoms with Crippen LogP contribution in [0, 0.1) is 5.92 Å². The standard InChI is InChI=1S/C15H23F3N2O/c1-4-11(2)14(3,21)10-20-13(15(16,17)18)9-12-5-7-19-8-6-12/h5-8,11,13,20-21H,4,9-10H2,1-3H3.